The van der Waals surface area contributed by atoms with Gasteiger partial charge in [-0.25, -0.2) is 0 Å². The van der Waals surface area contributed by atoms with Crippen LogP contribution in [0, 0.1) is 27.7 Å². The van der Waals surface area contributed by atoms with Crippen molar-refractivity contribution in [3.05, 3.63) is 101 Å². The van der Waals surface area contributed by atoms with Crippen molar-refractivity contribution in [1.29, 1.82) is 0 Å². The summed E-state index contributed by atoms with van der Waals surface area (Å²) >= 11 is 0. The van der Waals surface area contributed by atoms with Crippen LogP contribution in [0.25, 0.3) is 21.8 Å². The third-order valence-electron chi connectivity index (χ3n) is 5.20. The molecule has 0 unspecified atom stereocenters. The molecule has 5 aromatic rings. The summed E-state index contributed by atoms with van der Waals surface area (Å²) in [5.41, 5.74) is 4.83. The number of aromatic nitrogens is 2. The number of rotatable bonds is 0. The molecule has 0 atom stereocenters. The number of pyridine rings is 2. The molecule has 0 aliphatic heterocycles. The molecule has 0 amide bonds. The van der Waals surface area contributed by atoms with Crippen LogP contribution in [-0.2, 0) is 0 Å². The predicted molar refractivity (Wildman–Crippen MR) is 133 cm³/mol. The second kappa shape index (κ2) is 12.0. The third kappa shape index (κ3) is 6.71. The molecule has 0 saturated heterocycles. The maximum absolute atomic E-state index is 11.3. The van der Waals surface area contributed by atoms with E-state index in [2.05, 4.69) is 9.97 Å². The van der Waals surface area contributed by atoms with Crippen molar-refractivity contribution in [3.63, 3.8) is 0 Å². The second-order valence-corrected chi connectivity index (χ2v) is 7.76. The Kier molecular flexibility index (Phi) is 9.44. The van der Waals surface area contributed by atoms with Crippen molar-refractivity contribution in [2.75, 3.05) is 0 Å². The Labute approximate surface area is 210 Å². The molecule has 0 radical (unpaired) electrons. The number of hydrogen-bond donors (Lipinski definition) is 0. The molecule has 34 heavy (non-hydrogen) atoms. The number of benzene rings is 3. The van der Waals surface area contributed by atoms with Gasteiger partial charge in [0.05, 0.1) is 11.0 Å². The number of nitrogens with zero attached hydrogens (tertiary/aromatic N) is 2. The Balaban J connectivity index is 0.000000180. The van der Waals surface area contributed by atoms with Crippen LogP contribution in [0.5, 0.6) is 17.2 Å². The van der Waals surface area contributed by atoms with Crippen LogP contribution in [-0.4, -0.2) is 27.3 Å². The topological polar surface area (TPSA) is 95.0 Å². The zero-order chi connectivity index (χ0) is 24.0. The molecule has 168 valence electrons. The summed E-state index contributed by atoms with van der Waals surface area (Å²) in [5.74, 6) is 0.127. The SMILES string of the molecule is Cc1ccc2cccc([O-])c2n1.Cc1ccc2cccc([O-])c2n1.Cc1cccc([O-])c1C.[Al+3]. The van der Waals surface area contributed by atoms with Gasteiger partial charge in [-0.3, -0.25) is 9.97 Å². The van der Waals surface area contributed by atoms with E-state index < -0.39 is 0 Å². The molecule has 0 spiro atoms. The standard InChI is InChI=1S/2C10H9NO.C8H10O.Al/c2*1-7-5-6-8-3-2-4-9(12)10(8)11-7;1-6-4-3-5-8(9)7(6)2;/h2*2-6,12H,1H3;3-5,9H,1-2H3;/q;;;+3/p-3. The van der Waals surface area contributed by atoms with Crippen LogP contribution in [0.15, 0.2) is 78.9 Å². The van der Waals surface area contributed by atoms with Gasteiger partial charge in [0.2, 0.25) is 0 Å². The van der Waals surface area contributed by atoms with Crippen LogP contribution in [0.1, 0.15) is 22.5 Å². The van der Waals surface area contributed by atoms with Gasteiger partial charge in [0, 0.05) is 11.4 Å². The van der Waals surface area contributed by atoms with Crippen molar-refractivity contribution in [2.24, 2.45) is 0 Å². The van der Waals surface area contributed by atoms with E-state index in [4.69, 9.17) is 0 Å². The number of fused-ring (bicyclic) bond motifs is 2. The first-order chi connectivity index (χ1) is 15.8. The van der Waals surface area contributed by atoms with Gasteiger partial charge in [-0.1, -0.05) is 83.8 Å². The van der Waals surface area contributed by atoms with E-state index in [0.29, 0.717) is 11.0 Å². The van der Waals surface area contributed by atoms with Gasteiger partial charge in [-0.2, -0.15) is 0 Å². The quantitative estimate of drug-likeness (QED) is 0.320. The van der Waals surface area contributed by atoms with Crippen molar-refractivity contribution >= 4 is 39.2 Å². The van der Waals surface area contributed by atoms with Gasteiger partial charge in [0.25, 0.3) is 0 Å². The first-order valence-corrected chi connectivity index (χ1v) is 10.6. The Morgan fingerprint density at radius 2 is 0.912 bits per heavy atom. The van der Waals surface area contributed by atoms with Crippen molar-refractivity contribution in [2.45, 2.75) is 27.7 Å². The number of para-hydroxylation sites is 2. The molecule has 2 aromatic heterocycles. The first-order valence-electron chi connectivity index (χ1n) is 10.6. The summed E-state index contributed by atoms with van der Waals surface area (Å²) in [7, 11) is 0. The van der Waals surface area contributed by atoms with E-state index >= 15 is 0 Å². The Hall–Kier alpha value is -3.59. The molecule has 5 rings (SSSR count). The molecule has 2 heterocycles. The van der Waals surface area contributed by atoms with Gasteiger partial charge < -0.3 is 15.3 Å². The van der Waals surface area contributed by atoms with Gasteiger partial charge in [0.15, 0.2) is 0 Å². The van der Waals surface area contributed by atoms with Crippen molar-refractivity contribution < 1.29 is 15.3 Å². The average Bonchev–Trinajstić information content (AvgIpc) is 2.80. The van der Waals surface area contributed by atoms with E-state index in [9.17, 15) is 15.3 Å². The van der Waals surface area contributed by atoms with Gasteiger partial charge in [-0.05, 0) is 56.2 Å². The van der Waals surface area contributed by atoms with Gasteiger partial charge >= 0.3 is 17.4 Å². The molecule has 3 aromatic carbocycles. The molecular formula is C28H25AlN2O3. The van der Waals surface area contributed by atoms with E-state index in [1.165, 1.54) is 12.1 Å². The van der Waals surface area contributed by atoms with Crippen LogP contribution in [0.4, 0.5) is 0 Å². The Morgan fingerprint density at radius 1 is 0.500 bits per heavy atom. The molecule has 0 aliphatic carbocycles. The van der Waals surface area contributed by atoms with Crippen LogP contribution >= 0.6 is 0 Å². The van der Waals surface area contributed by atoms with E-state index in [-0.39, 0.29) is 34.6 Å². The smallest absolute Gasteiger partial charge is 0.872 e. The third-order valence-corrected chi connectivity index (χ3v) is 5.20. The van der Waals surface area contributed by atoms with E-state index in [0.717, 1.165) is 33.3 Å². The average molecular weight is 465 g/mol. The minimum absolute atomic E-state index is 0. The maximum Gasteiger partial charge on any atom is 3.00 e. The molecule has 0 bridgehead atoms. The fourth-order valence-electron chi connectivity index (χ4n) is 3.16. The summed E-state index contributed by atoms with van der Waals surface area (Å²) in [5, 5.41) is 35.2. The second-order valence-electron chi connectivity index (χ2n) is 7.76. The number of aryl methyl sites for hydroxylation is 3. The molecular weight excluding hydrogens is 439 g/mol. The minimum atomic E-state index is -0.00352. The molecule has 0 N–H and O–H groups in total. The first kappa shape index (κ1) is 26.7. The molecule has 5 nitrogen and oxygen atoms in total. The number of hydrogen-bond acceptors (Lipinski definition) is 5. The molecule has 0 saturated carbocycles. The van der Waals surface area contributed by atoms with E-state index in [1.807, 2.05) is 70.2 Å². The van der Waals surface area contributed by atoms with Crippen LogP contribution < -0.4 is 15.3 Å². The molecule has 0 fully saturated rings. The Bertz CT molecular complexity index is 1300. The zero-order valence-corrected chi connectivity index (χ0v) is 20.9. The fraction of sp³-hybridized carbons (Fsp3) is 0.143. The zero-order valence-electron chi connectivity index (χ0n) is 19.7. The van der Waals surface area contributed by atoms with Gasteiger partial charge in [-0.15, -0.1) is 5.75 Å². The monoisotopic (exact) mass is 464 g/mol. The van der Waals surface area contributed by atoms with E-state index in [1.54, 1.807) is 24.3 Å². The van der Waals surface area contributed by atoms with Crippen molar-refractivity contribution in [1.82, 2.24) is 9.97 Å². The minimum Gasteiger partial charge on any atom is -0.872 e. The Morgan fingerprint density at radius 3 is 1.32 bits per heavy atom. The summed E-state index contributed by atoms with van der Waals surface area (Å²) in [4.78, 5) is 8.33. The molecule has 0 aliphatic rings. The normalized spacial score (nSPS) is 9.88. The largest absolute Gasteiger partial charge is 3.00 e. The van der Waals surface area contributed by atoms with Crippen LogP contribution in [0.2, 0.25) is 0 Å². The van der Waals surface area contributed by atoms with Crippen LogP contribution in [0.3, 0.4) is 0 Å². The maximum atomic E-state index is 11.3. The summed E-state index contributed by atoms with van der Waals surface area (Å²) in [6.45, 7) is 7.55. The summed E-state index contributed by atoms with van der Waals surface area (Å²) in [6.07, 6.45) is 0. The summed E-state index contributed by atoms with van der Waals surface area (Å²) in [6, 6.07) is 23.3. The van der Waals surface area contributed by atoms with Gasteiger partial charge in [0.1, 0.15) is 0 Å². The molecule has 6 heteroatoms. The van der Waals surface area contributed by atoms with Crippen molar-refractivity contribution in [3.8, 4) is 17.2 Å². The predicted octanol–water partition coefficient (Wildman–Crippen LogP) is 4.23. The summed E-state index contributed by atoms with van der Waals surface area (Å²) < 4.78 is 0. The fourth-order valence-corrected chi connectivity index (χ4v) is 3.16.